The van der Waals surface area contributed by atoms with E-state index in [1.807, 2.05) is 91.0 Å². The third kappa shape index (κ3) is 7.02. The molecule has 6 aliphatic rings. The lowest BCUT2D eigenvalue weighted by Crippen LogP contribution is -2.44. The van der Waals surface area contributed by atoms with Crippen molar-refractivity contribution in [3.05, 3.63) is 190 Å². The van der Waals surface area contributed by atoms with Gasteiger partial charge in [0.15, 0.2) is 16.8 Å². The molecule has 6 aromatic heterocycles. The van der Waals surface area contributed by atoms with Crippen molar-refractivity contribution in [2.45, 2.75) is 96.3 Å². The minimum Gasteiger partial charge on any atom is -0.458 e. The van der Waals surface area contributed by atoms with Crippen LogP contribution in [0.5, 0.6) is 0 Å². The molecule has 3 aromatic carbocycles. The van der Waals surface area contributed by atoms with Crippen molar-refractivity contribution in [2.75, 3.05) is 0 Å². The molecule has 0 spiro atoms. The highest BCUT2D eigenvalue weighted by Crippen LogP contribution is 2.42. The zero-order valence-electron chi connectivity index (χ0n) is 42.5. The highest BCUT2D eigenvalue weighted by atomic mass is 16.6. The van der Waals surface area contributed by atoms with Crippen molar-refractivity contribution < 1.29 is 43.9 Å². The standard InChI is InChI=1S/3C20H16N2O4/c3*1-2-20(25)14-8-16-17-12(7-11-5-3-4-6-15(11)21-17)9-22(16)18(23)13(14)10-26-19(20)24/h3*3-8,25H,2,9-10H2,1H3/t3*20-/m000/s1. The second-order valence-electron chi connectivity index (χ2n) is 20.4. The number of carbonyl (C=O) groups excluding carboxylic acids is 3. The molecule has 3 N–H and O–H groups in total. The van der Waals surface area contributed by atoms with Gasteiger partial charge in [-0.3, -0.25) is 14.4 Å². The van der Waals surface area contributed by atoms with Crippen molar-refractivity contribution in [3.63, 3.8) is 0 Å². The number of rotatable bonds is 3. The molecule has 12 heterocycles. The van der Waals surface area contributed by atoms with Gasteiger partial charge in [-0.05, 0) is 73.9 Å². The van der Waals surface area contributed by atoms with Gasteiger partial charge in [0, 0.05) is 49.5 Å². The average Bonchev–Trinajstić information content (AvgIpc) is 4.29. The van der Waals surface area contributed by atoms with Gasteiger partial charge in [0.05, 0.1) is 87.0 Å². The molecule has 3 atom stereocenters. The smallest absolute Gasteiger partial charge is 0.343 e. The van der Waals surface area contributed by atoms with E-state index in [-0.39, 0.29) is 55.8 Å². The fourth-order valence-electron chi connectivity index (χ4n) is 11.8. The van der Waals surface area contributed by atoms with Crippen LogP contribution in [0.4, 0.5) is 0 Å². The van der Waals surface area contributed by atoms with Crippen molar-refractivity contribution in [3.8, 4) is 34.2 Å². The van der Waals surface area contributed by atoms with Crippen LogP contribution in [-0.2, 0) is 84.9 Å². The van der Waals surface area contributed by atoms with E-state index in [2.05, 4.69) is 0 Å². The molecule has 0 fully saturated rings. The van der Waals surface area contributed by atoms with Crippen molar-refractivity contribution in [1.29, 1.82) is 0 Å². The molecule has 6 aliphatic heterocycles. The summed E-state index contributed by atoms with van der Waals surface area (Å²) in [6.45, 7) is 6.03. The van der Waals surface area contributed by atoms with Crippen LogP contribution >= 0.6 is 0 Å². The summed E-state index contributed by atoms with van der Waals surface area (Å²) in [6, 6.07) is 34.7. The number of hydrogen-bond donors (Lipinski definition) is 3. The maximum absolute atomic E-state index is 13.0. The number of carbonyl (C=O) groups is 3. The largest absolute Gasteiger partial charge is 0.458 e. The van der Waals surface area contributed by atoms with Gasteiger partial charge in [-0.2, -0.15) is 0 Å². The number of nitrogens with zero attached hydrogens (tertiary/aromatic N) is 6. The van der Waals surface area contributed by atoms with E-state index in [1.165, 1.54) is 0 Å². The number of para-hydroxylation sites is 3. The summed E-state index contributed by atoms with van der Waals surface area (Å²) in [6.07, 6.45) is 0.416. The summed E-state index contributed by atoms with van der Waals surface area (Å²) in [5.74, 6) is -2.12. The number of esters is 3. The van der Waals surface area contributed by atoms with Gasteiger partial charge in [0.1, 0.15) is 19.8 Å². The summed E-state index contributed by atoms with van der Waals surface area (Å²) in [7, 11) is 0. The molecular formula is C60H48N6O12. The molecule has 18 nitrogen and oxygen atoms in total. The van der Waals surface area contributed by atoms with Gasteiger partial charge >= 0.3 is 17.9 Å². The maximum atomic E-state index is 13.0. The molecule has 0 saturated carbocycles. The first kappa shape index (κ1) is 48.7. The van der Waals surface area contributed by atoms with Gasteiger partial charge in [-0.1, -0.05) is 75.4 Å². The number of fused-ring (bicyclic) bond motifs is 15. The molecule has 9 aromatic rings. The molecule has 0 radical (unpaired) electrons. The molecule has 390 valence electrons. The van der Waals surface area contributed by atoms with E-state index in [1.54, 1.807) is 52.7 Å². The van der Waals surface area contributed by atoms with Gasteiger partial charge in [0.25, 0.3) is 16.7 Å². The lowest BCUT2D eigenvalue weighted by Gasteiger charge is -2.31. The monoisotopic (exact) mass is 1040 g/mol. The normalized spacial score (nSPS) is 20.5. The molecule has 0 bridgehead atoms. The lowest BCUT2D eigenvalue weighted by atomic mass is 9.86. The number of ether oxygens (including phenoxy) is 3. The molecule has 0 saturated heterocycles. The number of pyridine rings is 6. The molecular weight excluding hydrogens is 997 g/mol. The summed E-state index contributed by atoms with van der Waals surface area (Å²) in [5.41, 5.74) is 5.44. The van der Waals surface area contributed by atoms with E-state index in [4.69, 9.17) is 29.2 Å². The summed E-state index contributed by atoms with van der Waals surface area (Å²) in [4.78, 5) is 89.6. The predicted octanol–water partition coefficient (Wildman–Crippen LogP) is 6.24. The first-order valence-electron chi connectivity index (χ1n) is 25.8. The lowest BCUT2D eigenvalue weighted by molar-refractivity contribution is -0.172. The Morgan fingerprint density at radius 3 is 0.962 bits per heavy atom. The summed E-state index contributed by atoms with van der Waals surface area (Å²) in [5, 5.41) is 35.5. The molecule has 78 heavy (non-hydrogen) atoms. The Morgan fingerprint density at radius 2 is 0.692 bits per heavy atom. The van der Waals surface area contributed by atoms with Crippen LogP contribution in [0.2, 0.25) is 0 Å². The van der Waals surface area contributed by atoms with Gasteiger partial charge in [-0.25, -0.2) is 29.3 Å². The quantitative estimate of drug-likeness (QED) is 0.131. The fraction of sp³-hybridized carbons (Fsp3) is 0.250. The number of aliphatic hydroxyl groups is 3. The van der Waals surface area contributed by atoms with Crippen molar-refractivity contribution in [1.82, 2.24) is 28.7 Å². The Morgan fingerprint density at radius 1 is 0.423 bits per heavy atom. The second-order valence-corrected chi connectivity index (χ2v) is 20.4. The average molecular weight is 1050 g/mol. The maximum Gasteiger partial charge on any atom is 0.343 e. The van der Waals surface area contributed by atoms with E-state index < -0.39 is 34.7 Å². The molecule has 15 rings (SSSR count). The van der Waals surface area contributed by atoms with E-state index in [0.717, 1.165) is 66.5 Å². The van der Waals surface area contributed by atoms with Crippen LogP contribution in [0, 0.1) is 0 Å². The predicted molar refractivity (Wildman–Crippen MR) is 284 cm³/mol. The Labute approximate surface area is 442 Å². The van der Waals surface area contributed by atoms with Crippen LogP contribution in [-0.4, -0.2) is 61.9 Å². The minimum atomic E-state index is -1.79. The third-order valence-corrected chi connectivity index (χ3v) is 16.3. The second kappa shape index (κ2) is 17.5. The zero-order chi connectivity index (χ0) is 54.2. The Hall–Kier alpha value is -8.97. The molecule has 0 aliphatic carbocycles. The number of hydrogen-bond acceptors (Lipinski definition) is 15. The first-order valence-corrected chi connectivity index (χ1v) is 25.8. The Bertz CT molecular complexity index is 3930. The summed E-state index contributed by atoms with van der Waals surface area (Å²) >= 11 is 0. The first-order chi connectivity index (χ1) is 37.6. The van der Waals surface area contributed by atoms with Gasteiger partial charge in [-0.15, -0.1) is 0 Å². The van der Waals surface area contributed by atoms with Gasteiger partial charge < -0.3 is 43.2 Å². The van der Waals surface area contributed by atoms with Crippen molar-refractivity contribution >= 4 is 50.6 Å². The minimum absolute atomic E-state index is 0.110. The van der Waals surface area contributed by atoms with Crippen LogP contribution in [0.1, 0.15) is 90.1 Å². The number of aromatic nitrogens is 6. The van der Waals surface area contributed by atoms with Crippen LogP contribution in [0.15, 0.2) is 124 Å². The summed E-state index contributed by atoms with van der Waals surface area (Å²) < 4.78 is 20.2. The SMILES string of the molecule is CC[C@@]1(O)C(=O)OCc2c1cc1n(c2=O)Cc2cc3ccccc3nc2-1.CC[C@@]1(O)C(=O)OCc2c1cc1n(c2=O)Cc2cc3ccccc3nc2-1.CC[C@@]1(O)C(=O)OCc2c1cc1n(c2=O)Cc2cc3ccccc3nc2-1. The third-order valence-electron chi connectivity index (χ3n) is 16.3. The molecule has 18 heteroatoms. The van der Waals surface area contributed by atoms with Crippen LogP contribution in [0.3, 0.4) is 0 Å². The van der Waals surface area contributed by atoms with Crippen LogP contribution in [0.25, 0.3) is 66.9 Å². The van der Waals surface area contributed by atoms with E-state index >= 15 is 0 Å². The molecule has 0 amide bonds. The number of cyclic esters (lactones) is 3. The Kier molecular flexibility index (Phi) is 10.9. The number of benzene rings is 3. The van der Waals surface area contributed by atoms with E-state index in [0.29, 0.717) is 70.1 Å². The van der Waals surface area contributed by atoms with Crippen molar-refractivity contribution in [2.24, 2.45) is 0 Å². The topological polar surface area (TPSA) is 244 Å². The van der Waals surface area contributed by atoms with E-state index in [9.17, 15) is 44.1 Å². The highest BCUT2D eigenvalue weighted by molar-refractivity contribution is 5.89. The Balaban J connectivity index is 0.000000111. The highest BCUT2D eigenvalue weighted by Gasteiger charge is 2.48. The fourth-order valence-corrected chi connectivity index (χ4v) is 11.8. The van der Waals surface area contributed by atoms with Gasteiger partial charge in [0.2, 0.25) is 0 Å². The molecule has 0 unspecified atom stereocenters. The zero-order valence-corrected chi connectivity index (χ0v) is 42.5. The van der Waals surface area contributed by atoms with Crippen LogP contribution < -0.4 is 16.7 Å².